The van der Waals surface area contributed by atoms with Crippen molar-refractivity contribution in [2.45, 2.75) is 46.7 Å². The maximum atomic E-state index is 12.2. The minimum Gasteiger partial charge on any atom is -0.346 e. The summed E-state index contributed by atoms with van der Waals surface area (Å²) in [6.07, 6.45) is 0.529. The first-order chi connectivity index (χ1) is 10.8. The summed E-state index contributed by atoms with van der Waals surface area (Å²) in [4.78, 5) is 0. The first-order valence-electron chi connectivity index (χ1n) is 7.98. The van der Waals surface area contributed by atoms with Gasteiger partial charge in [0.15, 0.2) is 0 Å². The lowest BCUT2D eigenvalue weighted by molar-refractivity contribution is 0.570. The van der Waals surface area contributed by atoms with Gasteiger partial charge >= 0.3 is 0 Å². The Morgan fingerprint density at radius 2 is 1.78 bits per heavy atom. The van der Waals surface area contributed by atoms with E-state index < -0.39 is 10.0 Å². The van der Waals surface area contributed by atoms with Crippen molar-refractivity contribution in [2.24, 2.45) is 0 Å². The number of hydrogen-bond acceptors (Lipinski definition) is 2. The van der Waals surface area contributed by atoms with Gasteiger partial charge in [0.1, 0.15) is 0 Å². The standard InChI is InChI=1S/C18H26N2O2S/c1-14(2)20-15(3)12-18(16(20)4)13-19-23(21,22)11-10-17-8-6-5-7-9-17/h5-9,12,14,19H,10-11,13H2,1-4H3. The largest absolute Gasteiger partial charge is 0.346 e. The van der Waals surface area contributed by atoms with E-state index in [1.807, 2.05) is 37.3 Å². The summed E-state index contributed by atoms with van der Waals surface area (Å²) >= 11 is 0. The van der Waals surface area contributed by atoms with Crippen molar-refractivity contribution in [3.63, 3.8) is 0 Å². The normalized spacial score (nSPS) is 12.0. The molecule has 1 aromatic heterocycles. The van der Waals surface area contributed by atoms with Gasteiger partial charge in [-0.05, 0) is 51.3 Å². The van der Waals surface area contributed by atoms with Gasteiger partial charge in [0, 0.05) is 24.0 Å². The number of hydrogen-bond donors (Lipinski definition) is 1. The fourth-order valence-electron chi connectivity index (χ4n) is 2.98. The van der Waals surface area contributed by atoms with Crippen molar-refractivity contribution >= 4 is 10.0 Å². The molecule has 0 aliphatic carbocycles. The Balaban J connectivity index is 1.98. The van der Waals surface area contributed by atoms with Crippen molar-refractivity contribution in [1.29, 1.82) is 0 Å². The lowest BCUT2D eigenvalue weighted by atomic mass is 10.2. The molecule has 0 saturated heterocycles. The van der Waals surface area contributed by atoms with Crippen LogP contribution in [0.1, 0.15) is 42.4 Å². The number of rotatable bonds is 7. The van der Waals surface area contributed by atoms with Crippen molar-refractivity contribution in [2.75, 3.05) is 5.75 Å². The Kier molecular flexibility index (Phi) is 5.65. The minimum absolute atomic E-state index is 0.111. The van der Waals surface area contributed by atoms with Crippen LogP contribution < -0.4 is 4.72 Å². The molecule has 0 unspecified atom stereocenters. The Bertz CT molecular complexity index is 747. The molecular formula is C18H26N2O2S. The number of sulfonamides is 1. The molecule has 0 fully saturated rings. The Hall–Kier alpha value is -1.59. The highest BCUT2D eigenvalue weighted by atomic mass is 32.2. The predicted octanol–water partition coefficient (Wildman–Crippen LogP) is 3.35. The molecule has 0 radical (unpaired) electrons. The van der Waals surface area contributed by atoms with E-state index >= 15 is 0 Å². The van der Waals surface area contributed by atoms with Gasteiger partial charge in [-0.2, -0.15) is 0 Å². The molecule has 0 amide bonds. The van der Waals surface area contributed by atoms with Crippen molar-refractivity contribution < 1.29 is 8.42 Å². The van der Waals surface area contributed by atoms with Crippen LogP contribution in [0, 0.1) is 13.8 Å². The minimum atomic E-state index is -3.28. The van der Waals surface area contributed by atoms with Crippen molar-refractivity contribution in [1.82, 2.24) is 9.29 Å². The van der Waals surface area contributed by atoms with E-state index in [9.17, 15) is 8.42 Å². The van der Waals surface area contributed by atoms with Gasteiger partial charge in [-0.15, -0.1) is 0 Å². The zero-order valence-corrected chi connectivity index (χ0v) is 15.2. The van der Waals surface area contributed by atoms with Crippen LogP contribution in [0.5, 0.6) is 0 Å². The molecule has 4 nitrogen and oxygen atoms in total. The SMILES string of the molecule is Cc1cc(CNS(=O)(=O)CCc2ccccc2)c(C)n1C(C)C. The van der Waals surface area contributed by atoms with E-state index in [1.54, 1.807) is 0 Å². The van der Waals surface area contributed by atoms with E-state index in [1.165, 1.54) is 0 Å². The van der Waals surface area contributed by atoms with Gasteiger partial charge in [0.25, 0.3) is 0 Å². The lowest BCUT2D eigenvalue weighted by Crippen LogP contribution is -2.27. The smallest absolute Gasteiger partial charge is 0.212 e. The van der Waals surface area contributed by atoms with Crippen LogP contribution in [-0.4, -0.2) is 18.7 Å². The van der Waals surface area contributed by atoms with Crippen LogP contribution in [-0.2, 0) is 23.0 Å². The van der Waals surface area contributed by atoms with E-state index in [-0.39, 0.29) is 5.75 Å². The fraction of sp³-hybridized carbons (Fsp3) is 0.444. The van der Waals surface area contributed by atoms with Gasteiger partial charge in [0.2, 0.25) is 10.0 Å². The second kappa shape index (κ2) is 7.32. The lowest BCUT2D eigenvalue weighted by Gasteiger charge is -2.14. The Labute approximate surface area is 139 Å². The molecule has 126 valence electrons. The molecule has 1 heterocycles. The summed E-state index contributed by atoms with van der Waals surface area (Å²) in [6, 6.07) is 12.1. The van der Waals surface area contributed by atoms with E-state index in [4.69, 9.17) is 0 Å². The topological polar surface area (TPSA) is 51.1 Å². The maximum Gasteiger partial charge on any atom is 0.212 e. The zero-order chi connectivity index (χ0) is 17.0. The van der Waals surface area contributed by atoms with Gasteiger partial charge in [-0.25, -0.2) is 13.1 Å². The van der Waals surface area contributed by atoms with E-state index in [0.717, 1.165) is 22.5 Å². The highest BCUT2D eigenvalue weighted by Crippen LogP contribution is 2.20. The molecular weight excluding hydrogens is 308 g/mol. The number of nitrogens with zero attached hydrogens (tertiary/aromatic N) is 1. The van der Waals surface area contributed by atoms with Crippen molar-refractivity contribution in [3.05, 3.63) is 58.9 Å². The van der Waals surface area contributed by atoms with Crippen LogP contribution in [0.3, 0.4) is 0 Å². The van der Waals surface area contributed by atoms with Crippen LogP contribution in [0.15, 0.2) is 36.4 Å². The van der Waals surface area contributed by atoms with Crippen LogP contribution in [0.25, 0.3) is 0 Å². The third-order valence-corrected chi connectivity index (χ3v) is 5.42. The third-order valence-electron chi connectivity index (χ3n) is 4.09. The maximum absolute atomic E-state index is 12.2. The Morgan fingerprint density at radius 3 is 2.35 bits per heavy atom. The molecule has 5 heteroatoms. The molecule has 0 bridgehead atoms. The molecule has 0 aliphatic rings. The molecule has 0 aliphatic heterocycles. The van der Waals surface area contributed by atoms with Gasteiger partial charge < -0.3 is 4.57 Å². The van der Waals surface area contributed by atoms with Gasteiger partial charge in [-0.1, -0.05) is 30.3 Å². The first kappa shape index (κ1) is 17.8. The quantitative estimate of drug-likeness (QED) is 0.844. The average Bonchev–Trinajstić information content (AvgIpc) is 2.79. The summed E-state index contributed by atoms with van der Waals surface area (Å²) in [5, 5.41) is 0. The first-order valence-corrected chi connectivity index (χ1v) is 9.64. The summed E-state index contributed by atoms with van der Waals surface area (Å²) < 4.78 is 29.3. The average molecular weight is 334 g/mol. The van der Waals surface area contributed by atoms with E-state index in [0.29, 0.717) is 19.0 Å². The molecule has 23 heavy (non-hydrogen) atoms. The van der Waals surface area contributed by atoms with Crippen LogP contribution in [0.2, 0.25) is 0 Å². The summed E-state index contributed by atoms with van der Waals surface area (Å²) in [5.74, 6) is 0.111. The van der Waals surface area contributed by atoms with Crippen LogP contribution >= 0.6 is 0 Å². The van der Waals surface area contributed by atoms with E-state index in [2.05, 4.69) is 36.1 Å². The number of benzene rings is 1. The van der Waals surface area contributed by atoms with Gasteiger partial charge in [0.05, 0.1) is 5.75 Å². The zero-order valence-electron chi connectivity index (χ0n) is 14.3. The number of nitrogens with one attached hydrogen (secondary N) is 1. The second-order valence-electron chi connectivity index (χ2n) is 6.24. The summed E-state index contributed by atoms with van der Waals surface area (Å²) in [5.41, 5.74) is 4.37. The van der Waals surface area contributed by atoms with Crippen molar-refractivity contribution in [3.8, 4) is 0 Å². The molecule has 0 saturated carbocycles. The van der Waals surface area contributed by atoms with Crippen LogP contribution in [0.4, 0.5) is 0 Å². The number of aromatic nitrogens is 1. The fourth-order valence-corrected chi connectivity index (χ4v) is 4.00. The molecule has 1 aromatic carbocycles. The number of aryl methyl sites for hydroxylation is 2. The highest BCUT2D eigenvalue weighted by Gasteiger charge is 2.15. The monoisotopic (exact) mass is 334 g/mol. The molecule has 0 atom stereocenters. The second-order valence-corrected chi connectivity index (χ2v) is 8.16. The third kappa shape index (κ3) is 4.69. The molecule has 2 rings (SSSR count). The summed E-state index contributed by atoms with van der Waals surface area (Å²) in [7, 11) is -3.28. The highest BCUT2D eigenvalue weighted by molar-refractivity contribution is 7.89. The Morgan fingerprint density at radius 1 is 1.13 bits per heavy atom. The summed E-state index contributed by atoms with van der Waals surface area (Å²) in [6.45, 7) is 8.71. The molecule has 0 spiro atoms. The molecule has 1 N–H and O–H groups in total. The van der Waals surface area contributed by atoms with Gasteiger partial charge in [-0.3, -0.25) is 0 Å². The molecule has 2 aromatic rings. The predicted molar refractivity (Wildman–Crippen MR) is 95.1 cm³/mol.